The Morgan fingerprint density at radius 2 is 2.15 bits per heavy atom. The summed E-state index contributed by atoms with van der Waals surface area (Å²) < 4.78 is 0.880. The maximum Gasteiger partial charge on any atom is 0.293 e. The molecular formula is C14H20IN3O2. The van der Waals surface area contributed by atoms with Gasteiger partial charge in [-0.05, 0) is 66.6 Å². The van der Waals surface area contributed by atoms with E-state index in [4.69, 9.17) is 0 Å². The molecule has 0 bridgehead atoms. The van der Waals surface area contributed by atoms with E-state index in [2.05, 4.69) is 39.7 Å². The third-order valence-corrected chi connectivity index (χ3v) is 4.45. The Balaban J connectivity index is 1.86. The van der Waals surface area contributed by atoms with Gasteiger partial charge in [-0.25, -0.2) is 0 Å². The van der Waals surface area contributed by atoms with E-state index in [1.165, 1.54) is 12.8 Å². The number of nitro groups is 1. The quantitative estimate of drug-likeness (QED) is 0.477. The second kappa shape index (κ2) is 7.21. The van der Waals surface area contributed by atoms with Crippen molar-refractivity contribution in [2.45, 2.75) is 19.8 Å². The summed E-state index contributed by atoms with van der Waals surface area (Å²) >= 11 is 2.09. The molecule has 20 heavy (non-hydrogen) atoms. The molecule has 0 spiro atoms. The van der Waals surface area contributed by atoms with Crippen LogP contribution < -0.4 is 5.32 Å². The van der Waals surface area contributed by atoms with Crippen LogP contribution in [-0.4, -0.2) is 36.0 Å². The first-order chi connectivity index (χ1) is 9.56. The van der Waals surface area contributed by atoms with Gasteiger partial charge in [-0.2, -0.15) is 0 Å². The van der Waals surface area contributed by atoms with E-state index in [9.17, 15) is 10.1 Å². The highest BCUT2D eigenvalue weighted by Crippen LogP contribution is 2.26. The van der Waals surface area contributed by atoms with E-state index < -0.39 is 0 Å². The molecule has 0 aliphatic carbocycles. The molecule has 1 fully saturated rings. The van der Waals surface area contributed by atoms with Gasteiger partial charge in [-0.1, -0.05) is 6.92 Å². The lowest BCUT2D eigenvalue weighted by molar-refractivity contribution is -0.384. The van der Waals surface area contributed by atoms with Crippen LogP contribution in [-0.2, 0) is 0 Å². The molecule has 0 unspecified atom stereocenters. The Morgan fingerprint density at radius 1 is 1.45 bits per heavy atom. The molecule has 1 aliphatic rings. The van der Waals surface area contributed by atoms with Crippen molar-refractivity contribution in [2.75, 3.05) is 31.5 Å². The molecule has 110 valence electrons. The summed E-state index contributed by atoms with van der Waals surface area (Å²) in [5.41, 5.74) is 0.768. The molecule has 2 rings (SSSR count). The predicted molar refractivity (Wildman–Crippen MR) is 89.1 cm³/mol. The molecule has 1 saturated heterocycles. The molecule has 0 aromatic heterocycles. The first kappa shape index (κ1) is 15.5. The zero-order valence-corrected chi connectivity index (χ0v) is 13.8. The number of hydrogen-bond donors (Lipinski definition) is 1. The molecular weight excluding hydrogens is 369 g/mol. The van der Waals surface area contributed by atoms with Crippen molar-refractivity contribution in [3.63, 3.8) is 0 Å². The van der Waals surface area contributed by atoms with E-state index >= 15 is 0 Å². The van der Waals surface area contributed by atoms with Crippen molar-refractivity contribution in [2.24, 2.45) is 5.92 Å². The van der Waals surface area contributed by atoms with Crippen molar-refractivity contribution in [1.82, 2.24) is 4.90 Å². The van der Waals surface area contributed by atoms with Gasteiger partial charge in [0.1, 0.15) is 5.69 Å². The van der Waals surface area contributed by atoms with Crippen LogP contribution >= 0.6 is 22.6 Å². The number of nitro benzene ring substituents is 1. The SMILES string of the molecule is CC1CCN(CCNc2ccc(I)cc2[N+](=O)[O-])CC1. The van der Waals surface area contributed by atoms with E-state index in [1.54, 1.807) is 12.1 Å². The molecule has 1 aromatic rings. The Morgan fingerprint density at radius 3 is 2.80 bits per heavy atom. The standard InChI is InChI=1S/C14H20IN3O2/c1-11-4-7-17(8-5-11)9-6-16-13-3-2-12(15)10-14(13)18(19)20/h2-3,10-11,16H,4-9H2,1H3. The zero-order chi connectivity index (χ0) is 14.5. The molecule has 1 N–H and O–H groups in total. The van der Waals surface area contributed by atoms with Crippen molar-refractivity contribution in [3.05, 3.63) is 31.9 Å². The number of piperidine rings is 1. The van der Waals surface area contributed by atoms with Crippen molar-refractivity contribution >= 4 is 34.0 Å². The normalized spacial score (nSPS) is 17.1. The molecule has 0 atom stereocenters. The van der Waals surface area contributed by atoms with Crippen LogP contribution in [0.2, 0.25) is 0 Å². The third-order valence-electron chi connectivity index (χ3n) is 3.78. The highest BCUT2D eigenvalue weighted by molar-refractivity contribution is 14.1. The van der Waals surface area contributed by atoms with E-state index in [-0.39, 0.29) is 10.6 Å². The van der Waals surface area contributed by atoms with Gasteiger partial charge >= 0.3 is 0 Å². The van der Waals surface area contributed by atoms with Crippen LogP contribution in [0.1, 0.15) is 19.8 Å². The number of rotatable bonds is 5. The van der Waals surface area contributed by atoms with Crippen molar-refractivity contribution in [1.29, 1.82) is 0 Å². The fraction of sp³-hybridized carbons (Fsp3) is 0.571. The first-order valence-corrected chi connectivity index (χ1v) is 8.04. The molecule has 1 aromatic carbocycles. The molecule has 5 nitrogen and oxygen atoms in total. The summed E-state index contributed by atoms with van der Waals surface area (Å²) in [5.74, 6) is 0.830. The van der Waals surface area contributed by atoms with E-state index in [0.717, 1.165) is 35.7 Å². The molecule has 1 heterocycles. The average molecular weight is 389 g/mol. The molecule has 0 radical (unpaired) electrons. The van der Waals surface area contributed by atoms with E-state index in [0.29, 0.717) is 5.69 Å². The predicted octanol–water partition coefficient (Wildman–Crippen LogP) is 3.34. The lowest BCUT2D eigenvalue weighted by atomic mass is 9.99. The maximum atomic E-state index is 11.0. The summed E-state index contributed by atoms with van der Waals surface area (Å²) in [7, 11) is 0. The van der Waals surface area contributed by atoms with E-state index in [1.807, 2.05) is 6.07 Å². The van der Waals surface area contributed by atoms with Crippen LogP contribution in [0.4, 0.5) is 11.4 Å². The first-order valence-electron chi connectivity index (χ1n) is 6.96. The topological polar surface area (TPSA) is 58.4 Å². The number of hydrogen-bond acceptors (Lipinski definition) is 4. The van der Waals surface area contributed by atoms with Gasteiger partial charge in [0.05, 0.1) is 4.92 Å². The second-order valence-electron chi connectivity index (χ2n) is 5.37. The highest BCUT2D eigenvalue weighted by atomic mass is 127. The minimum Gasteiger partial charge on any atom is -0.378 e. The van der Waals surface area contributed by atoms with Crippen LogP contribution in [0.3, 0.4) is 0 Å². The zero-order valence-electron chi connectivity index (χ0n) is 11.6. The summed E-state index contributed by atoms with van der Waals surface area (Å²) in [6.45, 7) is 6.26. The Bertz CT molecular complexity index is 473. The third kappa shape index (κ3) is 4.31. The van der Waals surface area contributed by atoms with Crippen LogP contribution in [0.15, 0.2) is 18.2 Å². The van der Waals surface area contributed by atoms with Crippen LogP contribution in [0.5, 0.6) is 0 Å². The Hall–Kier alpha value is -0.890. The molecule has 0 saturated carbocycles. The largest absolute Gasteiger partial charge is 0.378 e. The monoisotopic (exact) mass is 389 g/mol. The highest BCUT2D eigenvalue weighted by Gasteiger charge is 2.16. The minimum atomic E-state index is -0.326. The van der Waals surface area contributed by atoms with Gasteiger partial charge < -0.3 is 10.2 Å². The van der Waals surface area contributed by atoms with Gasteiger partial charge in [0.25, 0.3) is 5.69 Å². The summed E-state index contributed by atoms with van der Waals surface area (Å²) in [5, 5.41) is 14.2. The minimum absolute atomic E-state index is 0.157. The van der Waals surface area contributed by atoms with Gasteiger partial charge in [0, 0.05) is 22.7 Å². The number of nitrogens with one attached hydrogen (secondary N) is 1. The van der Waals surface area contributed by atoms with Crippen molar-refractivity contribution in [3.8, 4) is 0 Å². The fourth-order valence-corrected chi connectivity index (χ4v) is 2.91. The lowest BCUT2D eigenvalue weighted by Gasteiger charge is -2.30. The number of benzene rings is 1. The summed E-state index contributed by atoms with van der Waals surface area (Å²) in [4.78, 5) is 13.1. The molecule has 6 heteroatoms. The van der Waals surface area contributed by atoms with Gasteiger partial charge in [0.2, 0.25) is 0 Å². The van der Waals surface area contributed by atoms with Gasteiger partial charge in [-0.15, -0.1) is 0 Å². The molecule has 0 amide bonds. The number of nitrogens with zero attached hydrogens (tertiary/aromatic N) is 2. The van der Waals surface area contributed by atoms with Gasteiger partial charge in [-0.3, -0.25) is 10.1 Å². The average Bonchev–Trinajstić information content (AvgIpc) is 2.42. The fourth-order valence-electron chi connectivity index (χ4n) is 2.44. The number of likely N-dealkylation sites (tertiary alicyclic amines) is 1. The van der Waals surface area contributed by atoms with Crippen LogP contribution in [0.25, 0.3) is 0 Å². The maximum absolute atomic E-state index is 11.0. The van der Waals surface area contributed by atoms with Gasteiger partial charge in [0.15, 0.2) is 0 Å². The number of anilines is 1. The molecule has 1 aliphatic heterocycles. The Kier molecular flexibility index (Phi) is 5.59. The smallest absolute Gasteiger partial charge is 0.293 e. The summed E-state index contributed by atoms with van der Waals surface area (Å²) in [6, 6.07) is 5.28. The number of halogens is 1. The summed E-state index contributed by atoms with van der Waals surface area (Å²) in [6.07, 6.45) is 2.51. The van der Waals surface area contributed by atoms with Crippen LogP contribution in [0, 0.1) is 19.6 Å². The second-order valence-corrected chi connectivity index (χ2v) is 6.62. The lowest BCUT2D eigenvalue weighted by Crippen LogP contribution is -2.36. The van der Waals surface area contributed by atoms with Crippen molar-refractivity contribution < 1.29 is 4.92 Å². The Labute approximate surface area is 133 Å².